The van der Waals surface area contributed by atoms with Gasteiger partial charge in [-0.05, 0) is 6.07 Å². The Labute approximate surface area is 56.7 Å². The maximum absolute atomic E-state index is 10.3. The van der Waals surface area contributed by atoms with E-state index in [1.165, 1.54) is 12.3 Å². The summed E-state index contributed by atoms with van der Waals surface area (Å²) in [5.74, 6) is -1.11. The predicted molar refractivity (Wildman–Crippen MR) is 32.5 cm³/mol. The average molecular weight is 136 g/mol. The molecule has 0 amide bonds. The van der Waals surface area contributed by atoms with Gasteiger partial charge in [0.05, 0.1) is 5.56 Å². The first-order valence-electron chi connectivity index (χ1n) is 2.56. The van der Waals surface area contributed by atoms with Crippen LogP contribution < -0.4 is 0 Å². The van der Waals surface area contributed by atoms with Crippen LogP contribution in [0, 0.1) is 11.3 Å². The fourth-order valence-corrected chi connectivity index (χ4v) is 0.640. The van der Waals surface area contributed by atoms with Crippen LogP contribution in [0.2, 0.25) is 0 Å². The number of aromatic amines is 1. The minimum absolute atomic E-state index is 0.0532. The Morgan fingerprint density at radius 3 is 2.90 bits per heavy atom. The molecule has 0 bridgehead atoms. The summed E-state index contributed by atoms with van der Waals surface area (Å²) in [4.78, 5) is 12.7. The van der Waals surface area contributed by atoms with Gasteiger partial charge in [-0.15, -0.1) is 0 Å². The molecule has 4 nitrogen and oxygen atoms in total. The van der Waals surface area contributed by atoms with Gasteiger partial charge in [0.2, 0.25) is 0 Å². The molecule has 0 fully saturated rings. The summed E-state index contributed by atoms with van der Waals surface area (Å²) < 4.78 is 0. The number of nitrogens with one attached hydrogen (secondary N) is 1. The maximum atomic E-state index is 10.3. The molecule has 50 valence electrons. The van der Waals surface area contributed by atoms with E-state index in [2.05, 4.69) is 4.98 Å². The molecule has 0 saturated carbocycles. The van der Waals surface area contributed by atoms with E-state index in [9.17, 15) is 4.79 Å². The van der Waals surface area contributed by atoms with Crippen LogP contribution in [0.15, 0.2) is 12.3 Å². The number of H-pyrrole nitrogens is 1. The third kappa shape index (κ3) is 0.845. The van der Waals surface area contributed by atoms with Gasteiger partial charge in [-0.2, -0.15) is 5.26 Å². The Hall–Kier alpha value is -1.76. The summed E-state index contributed by atoms with van der Waals surface area (Å²) in [5.41, 5.74) is 0.106. The molecule has 1 aromatic rings. The zero-order chi connectivity index (χ0) is 7.56. The van der Waals surface area contributed by atoms with Gasteiger partial charge in [0.15, 0.2) is 0 Å². The van der Waals surface area contributed by atoms with Gasteiger partial charge in [0, 0.05) is 6.20 Å². The van der Waals surface area contributed by atoms with Crippen LogP contribution in [-0.2, 0) is 0 Å². The Morgan fingerprint density at radius 1 is 1.80 bits per heavy atom. The van der Waals surface area contributed by atoms with Crippen LogP contribution in [-0.4, -0.2) is 16.1 Å². The number of carbonyl (C=O) groups is 1. The van der Waals surface area contributed by atoms with Gasteiger partial charge >= 0.3 is 5.97 Å². The van der Waals surface area contributed by atoms with Crippen molar-refractivity contribution in [2.45, 2.75) is 0 Å². The van der Waals surface area contributed by atoms with E-state index in [1.807, 2.05) is 0 Å². The monoisotopic (exact) mass is 136 g/mol. The Bertz CT molecular complexity index is 295. The minimum atomic E-state index is -1.11. The summed E-state index contributed by atoms with van der Waals surface area (Å²) in [6.45, 7) is 0. The van der Waals surface area contributed by atoms with Crippen LogP contribution in [0.4, 0.5) is 0 Å². The highest BCUT2D eigenvalue weighted by Gasteiger charge is 2.08. The molecule has 0 spiro atoms. The molecule has 0 radical (unpaired) electrons. The van der Waals surface area contributed by atoms with Crippen molar-refractivity contribution in [2.75, 3.05) is 0 Å². The number of nitrogens with zero attached hydrogens (tertiary/aromatic N) is 1. The van der Waals surface area contributed by atoms with Gasteiger partial charge < -0.3 is 10.1 Å². The van der Waals surface area contributed by atoms with Crippen LogP contribution in [0.5, 0.6) is 0 Å². The number of aromatic nitrogens is 1. The molecule has 0 aliphatic rings. The highest BCUT2D eigenvalue weighted by Crippen LogP contribution is 2.03. The topological polar surface area (TPSA) is 76.9 Å². The van der Waals surface area contributed by atoms with E-state index < -0.39 is 5.97 Å². The maximum Gasteiger partial charge on any atom is 0.353 e. The molecule has 0 unspecified atom stereocenters. The lowest BCUT2D eigenvalue weighted by atomic mass is 10.3. The molecule has 0 aliphatic heterocycles. The molecule has 2 N–H and O–H groups in total. The Morgan fingerprint density at radius 2 is 2.50 bits per heavy atom. The summed E-state index contributed by atoms with van der Waals surface area (Å²) in [7, 11) is 0. The highest BCUT2D eigenvalue weighted by atomic mass is 16.4. The number of hydrogen-bond acceptors (Lipinski definition) is 2. The van der Waals surface area contributed by atoms with Crippen LogP contribution in [0.1, 0.15) is 16.1 Å². The van der Waals surface area contributed by atoms with Crippen molar-refractivity contribution in [1.82, 2.24) is 4.98 Å². The summed E-state index contributed by atoms with van der Waals surface area (Å²) in [6, 6.07) is 3.16. The molecule has 4 heteroatoms. The van der Waals surface area contributed by atoms with Crippen LogP contribution in [0.25, 0.3) is 0 Å². The summed E-state index contributed by atoms with van der Waals surface area (Å²) >= 11 is 0. The van der Waals surface area contributed by atoms with Gasteiger partial charge in [-0.1, -0.05) is 0 Å². The molecular weight excluding hydrogens is 132 g/mol. The first kappa shape index (κ1) is 6.36. The molecule has 10 heavy (non-hydrogen) atoms. The Kier molecular flexibility index (Phi) is 1.42. The van der Waals surface area contributed by atoms with Crippen molar-refractivity contribution in [3.8, 4) is 6.07 Å². The fourth-order valence-electron chi connectivity index (χ4n) is 0.640. The molecule has 0 aromatic carbocycles. The van der Waals surface area contributed by atoms with E-state index in [-0.39, 0.29) is 11.3 Å². The van der Waals surface area contributed by atoms with Gasteiger partial charge in [0.25, 0.3) is 0 Å². The first-order chi connectivity index (χ1) is 4.75. The Balaban J connectivity index is 3.17. The average Bonchev–Trinajstić information content (AvgIpc) is 2.33. The highest BCUT2D eigenvalue weighted by molar-refractivity contribution is 5.88. The van der Waals surface area contributed by atoms with E-state index in [1.54, 1.807) is 6.07 Å². The van der Waals surface area contributed by atoms with E-state index >= 15 is 0 Å². The van der Waals surface area contributed by atoms with Crippen LogP contribution in [0.3, 0.4) is 0 Å². The molecule has 1 heterocycles. The largest absolute Gasteiger partial charge is 0.477 e. The van der Waals surface area contributed by atoms with Crippen molar-refractivity contribution in [1.29, 1.82) is 5.26 Å². The predicted octanol–water partition coefficient (Wildman–Crippen LogP) is 0.585. The second kappa shape index (κ2) is 2.23. The van der Waals surface area contributed by atoms with Crippen molar-refractivity contribution < 1.29 is 9.90 Å². The zero-order valence-electron chi connectivity index (χ0n) is 4.96. The van der Waals surface area contributed by atoms with Crippen LogP contribution >= 0.6 is 0 Å². The smallest absolute Gasteiger partial charge is 0.353 e. The molecule has 1 rings (SSSR count). The fraction of sp³-hybridized carbons (Fsp3) is 0. The normalized spacial score (nSPS) is 8.70. The van der Waals surface area contributed by atoms with Gasteiger partial charge in [0.1, 0.15) is 11.8 Å². The van der Waals surface area contributed by atoms with E-state index in [4.69, 9.17) is 10.4 Å². The minimum Gasteiger partial charge on any atom is -0.477 e. The molecule has 1 aromatic heterocycles. The number of hydrogen-bond donors (Lipinski definition) is 2. The summed E-state index contributed by atoms with van der Waals surface area (Å²) in [6.07, 6.45) is 1.42. The zero-order valence-corrected chi connectivity index (χ0v) is 4.96. The van der Waals surface area contributed by atoms with Gasteiger partial charge in [-0.3, -0.25) is 0 Å². The molecule has 0 saturated heterocycles. The molecule has 0 atom stereocenters. The van der Waals surface area contributed by atoms with Crippen molar-refractivity contribution in [2.24, 2.45) is 0 Å². The third-order valence-electron chi connectivity index (χ3n) is 1.08. The van der Waals surface area contributed by atoms with Crippen molar-refractivity contribution in [3.05, 3.63) is 23.5 Å². The quantitative estimate of drug-likeness (QED) is 0.592. The lowest BCUT2D eigenvalue weighted by molar-refractivity contribution is 0.0691. The van der Waals surface area contributed by atoms with E-state index in [0.29, 0.717) is 0 Å². The standard InChI is InChI=1S/C6H4N2O2/c7-3-4-1-2-8-5(4)6(9)10/h1-2,8H,(H,9,10). The molecule has 0 aliphatic carbocycles. The number of rotatable bonds is 1. The first-order valence-corrected chi connectivity index (χ1v) is 2.56. The summed E-state index contributed by atoms with van der Waals surface area (Å²) in [5, 5.41) is 16.7. The number of nitriles is 1. The van der Waals surface area contributed by atoms with E-state index in [0.717, 1.165) is 0 Å². The van der Waals surface area contributed by atoms with Crippen molar-refractivity contribution >= 4 is 5.97 Å². The van der Waals surface area contributed by atoms with Gasteiger partial charge in [-0.25, -0.2) is 4.79 Å². The second-order valence-electron chi connectivity index (χ2n) is 1.68. The third-order valence-corrected chi connectivity index (χ3v) is 1.08. The number of carboxylic acids is 1. The number of carboxylic acid groups (broad SMARTS) is 1. The van der Waals surface area contributed by atoms with Crippen molar-refractivity contribution in [3.63, 3.8) is 0 Å². The second-order valence-corrected chi connectivity index (χ2v) is 1.68. The molecular formula is C6H4N2O2. The lowest BCUT2D eigenvalue weighted by Gasteiger charge is -1.85. The lowest BCUT2D eigenvalue weighted by Crippen LogP contribution is -1.98. The number of aromatic carboxylic acids is 1. The SMILES string of the molecule is N#Cc1cc[nH]c1C(=O)O.